The topological polar surface area (TPSA) is 85.3 Å². The summed E-state index contributed by atoms with van der Waals surface area (Å²) in [6, 6.07) is 14.9. The average molecular weight is 369 g/mol. The fourth-order valence-electron chi connectivity index (χ4n) is 3.26. The zero-order valence-corrected chi connectivity index (χ0v) is 14.7. The first-order chi connectivity index (χ1) is 12.6. The first kappa shape index (κ1) is 16.8. The van der Waals surface area contributed by atoms with Gasteiger partial charge >= 0.3 is 0 Å². The minimum Gasteiger partial charge on any atom is -0.368 e. The van der Waals surface area contributed by atoms with Gasteiger partial charge < -0.3 is 10.3 Å². The fraction of sp³-hybridized carbons (Fsp3) is 0.211. The molecule has 0 aliphatic carbocycles. The lowest BCUT2D eigenvalue weighted by atomic mass is 9.93. The summed E-state index contributed by atoms with van der Waals surface area (Å²) in [6.45, 7) is 0.966. The number of benzene rings is 2. The summed E-state index contributed by atoms with van der Waals surface area (Å²) in [5.74, 6) is 0.551. The first-order valence-corrected chi connectivity index (χ1v) is 8.66. The van der Waals surface area contributed by atoms with Crippen molar-refractivity contribution in [2.75, 3.05) is 0 Å². The van der Waals surface area contributed by atoms with Crippen molar-refractivity contribution in [1.29, 1.82) is 0 Å². The molecular weight excluding hydrogens is 352 g/mol. The number of primary amides is 1. The van der Waals surface area contributed by atoms with E-state index in [1.54, 1.807) is 12.1 Å². The molecule has 0 fully saturated rings. The van der Waals surface area contributed by atoms with Crippen molar-refractivity contribution in [3.8, 4) is 11.4 Å². The third-order valence-electron chi connectivity index (χ3n) is 4.56. The third kappa shape index (κ3) is 3.34. The fourth-order valence-corrected chi connectivity index (χ4v) is 3.45. The van der Waals surface area contributed by atoms with Crippen molar-refractivity contribution >= 4 is 17.5 Å². The second-order valence-corrected chi connectivity index (χ2v) is 6.75. The van der Waals surface area contributed by atoms with Crippen LogP contribution in [0.2, 0.25) is 5.02 Å². The summed E-state index contributed by atoms with van der Waals surface area (Å²) in [7, 11) is 0. The van der Waals surface area contributed by atoms with E-state index in [9.17, 15) is 4.79 Å². The van der Waals surface area contributed by atoms with Crippen LogP contribution in [0.15, 0.2) is 53.1 Å². The van der Waals surface area contributed by atoms with E-state index in [0.29, 0.717) is 36.2 Å². The monoisotopic (exact) mass is 368 g/mol. The molecule has 0 saturated heterocycles. The standard InChI is InChI=1S/C19H17ClN4O2/c20-15-7-3-6-13(8-15)19-22-17(26-23-19)11-24-10-14-5-2-1-4-12(14)9-16(24)18(21)25/h1-8,16H,9-11H2,(H2,21,25)/t16-/m0/s1. The lowest BCUT2D eigenvalue weighted by Gasteiger charge is -2.33. The number of nitrogens with two attached hydrogens (primary N) is 1. The second-order valence-electron chi connectivity index (χ2n) is 6.32. The Kier molecular flexibility index (Phi) is 4.44. The van der Waals surface area contributed by atoms with Gasteiger partial charge in [0.2, 0.25) is 17.6 Å². The number of hydrogen-bond donors (Lipinski definition) is 1. The van der Waals surface area contributed by atoms with Crippen LogP contribution in [0.3, 0.4) is 0 Å². The predicted octanol–water partition coefficient (Wildman–Crippen LogP) is 2.80. The highest BCUT2D eigenvalue weighted by atomic mass is 35.5. The van der Waals surface area contributed by atoms with E-state index in [1.807, 2.05) is 35.2 Å². The summed E-state index contributed by atoms with van der Waals surface area (Å²) >= 11 is 6.01. The lowest BCUT2D eigenvalue weighted by Crippen LogP contribution is -2.48. The van der Waals surface area contributed by atoms with Crippen molar-refractivity contribution < 1.29 is 9.32 Å². The highest BCUT2D eigenvalue weighted by molar-refractivity contribution is 6.30. The Balaban J connectivity index is 1.57. The Bertz CT molecular complexity index is 956. The number of halogens is 1. The van der Waals surface area contributed by atoms with E-state index in [0.717, 1.165) is 11.1 Å². The number of fused-ring (bicyclic) bond motifs is 1. The van der Waals surface area contributed by atoms with Gasteiger partial charge in [-0.15, -0.1) is 0 Å². The predicted molar refractivity (Wildman–Crippen MR) is 97.1 cm³/mol. The van der Waals surface area contributed by atoms with Crippen LogP contribution in [-0.2, 0) is 24.3 Å². The molecule has 1 aliphatic rings. The molecule has 1 atom stereocenters. The molecule has 1 amide bonds. The molecule has 132 valence electrons. The molecule has 3 aromatic rings. The van der Waals surface area contributed by atoms with Gasteiger partial charge in [0.25, 0.3) is 0 Å². The summed E-state index contributed by atoms with van der Waals surface area (Å²) in [5.41, 5.74) is 8.73. The van der Waals surface area contributed by atoms with Crippen LogP contribution >= 0.6 is 11.6 Å². The maximum absolute atomic E-state index is 11.9. The van der Waals surface area contributed by atoms with E-state index in [1.165, 1.54) is 5.56 Å². The molecule has 6 nitrogen and oxygen atoms in total. The highest BCUT2D eigenvalue weighted by Crippen LogP contribution is 2.25. The second kappa shape index (κ2) is 6.90. The molecule has 2 N–H and O–H groups in total. The Morgan fingerprint density at radius 1 is 1.23 bits per heavy atom. The van der Waals surface area contributed by atoms with Gasteiger partial charge in [-0.05, 0) is 29.7 Å². The molecule has 1 aromatic heterocycles. The average Bonchev–Trinajstić information content (AvgIpc) is 3.09. The van der Waals surface area contributed by atoms with Crippen molar-refractivity contribution in [2.45, 2.75) is 25.6 Å². The molecule has 1 aliphatic heterocycles. The number of rotatable bonds is 4. The molecule has 4 rings (SSSR count). The van der Waals surface area contributed by atoms with Crippen molar-refractivity contribution in [2.24, 2.45) is 5.73 Å². The molecule has 26 heavy (non-hydrogen) atoms. The normalized spacial score (nSPS) is 17.0. The zero-order chi connectivity index (χ0) is 18.1. The number of carbonyl (C=O) groups is 1. The van der Waals surface area contributed by atoms with Crippen LogP contribution in [0, 0.1) is 0 Å². The Morgan fingerprint density at radius 2 is 2.04 bits per heavy atom. The molecule has 0 spiro atoms. The minimum absolute atomic E-state index is 0.353. The summed E-state index contributed by atoms with van der Waals surface area (Å²) in [4.78, 5) is 18.3. The van der Waals surface area contributed by atoms with Gasteiger partial charge in [-0.25, -0.2) is 0 Å². The molecule has 0 unspecified atom stereocenters. The number of amides is 1. The Morgan fingerprint density at radius 3 is 2.81 bits per heavy atom. The SMILES string of the molecule is NC(=O)[C@@H]1Cc2ccccc2CN1Cc1nc(-c2cccc(Cl)c2)no1. The molecule has 2 heterocycles. The quantitative estimate of drug-likeness (QED) is 0.765. The molecule has 0 bridgehead atoms. The first-order valence-electron chi connectivity index (χ1n) is 8.29. The summed E-state index contributed by atoms with van der Waals surface area (Å²) < 4.78 is 5.38. The van der Waals surface area contributed by atoms with Gasteiger partial charge in [0.15, 0.2) is 0 Å². The van der Waals surface area contributed by atoms with E-state index in [4.69, 9.17) is 21.9 Å². The number of hydrogen-bond acceptors (Lipinski definition) is 5. The van der Waals surface area contributed by atoms with Crippen LogP contribution in [-0.4, -0.2) is 27.0 Å². The Hall–Kier alpha value is -2.70. The summed E-state index contributed by atoms with van der Waals surface area (Å²) in [6.07, 6.45) is 0.584. The minimum atomic E-state index is -0.397. The maximum atomic E-state index is 11.9. The maximum Gasteiger partial charge on any atom is 0.241 e. The van der Waals surface area contributed by atoms with Gasteiger partial charge in [-0.3, -0.25) is 9.69 Å². The van der Waals surface area contributed by atoms with Crippen LogP contribution in [0.1, 0.15) is 17.0 Å². The Labute approximate surface area is 155 Å². The molecule has 0 saturated carbocycles. The molecular formula is C19H17ClN4O2. The van der Waals surface area contributed by atoms with E-state index in [-0.39, 0.29) is 5.91 Å². The van der Waals surface area contributed by atoms with Gasteiger partial charge in [0, 0.05) is 17.1 Å². The largest absolute Gasteiger partial charge is 0.368 e. The van der Waals surface area contributed by atoms with Gasteiger partial charge in [-0.1, -0.05) is 53.2 Å². The van der Waals surface area contributed by atoms with Crippen LogP contribution < -0.4 is 5.73 Å². The van der Waals surface area contributed by atoms with Crippen molar-refractivity contribution in [3.05, 3.63) is 70.6 Å². The lowest BCUT2D eigenvalue weighted by molar-refractivity contribution is -0.124. The number of nitrogens with zero attached hydrogens (tertiary/aromatic N) is 3. The van der Waals surface area contributed by atoms with Crippen molar-refractivity contribution in [1.82, 2.24) is 15.0 Å². The zero-order valence-electron chi connectivity index (χ0n) is 13.9. The summed E-state index contributed by atoms with van der Waals surface area (Å²) in [5, 5.41) is 4.63. The van der Waals surface area contributed by atoms with E-state index < -0.39 is 6.04 Å². The highest BCUT2D eigenvalue weighted by Gasteiger charge is 2.31. The number of carbonyl (C=O) groups excluding carboxylic acids is 1. The van der Waals surface area contributed by atoms with Crippen molar-refractivity contribution in [3.63, 3.8) is 0 Å². The smallest absolute Gasteiger partial charge is 0.241 e. The number of aromatic nitrogens is 2. The van der Waals surface area contributed by atoms with Crippen LogP contribution in [0.5, 0.6) is 0 Å². The van der Waals surface area contributed by atoms with E-state index in [2.05, 4.69) is 16.2 Å². The van der Waals surface area contributed by atoms with Gasteiger partial charge in [-0.2, -0.15) is 4.98 Å². The third-order valence-corrected chi connectivity index (χ3v) is 4.80. The van der Waals surface area contributed by atoms with E-state index >= 15 is 0 Å². The van der Waals surface area contributed by atoms with Crippen LogP contribution in [0.4, 0.5) is 0 Å². The molecule has 0 radical (unpaired) electrons. The molecule has 7 heteroatoms. The van der Waals surface area contributed by atoms with Gasteiger partial charge in [0.05, 0.1) is 12.6 Å². The van der Waals surface area contributed by atoms with Crippen LogP contribution in [0.25, 0.3) is 11.4 Å². The molecule has 2 aromatic carbocycles. The van der Waals surface area contributed by atoms with Gasteiger partial charge in [0.1, 0.15) is 0 Å².